The molecule has 1 amide bonds. The first-order valence-electron chi connectivity index (χ1n) is 6.33. The van der Waals surface area contributed by atoms with Crippen molar-refractivity contribution in [1.82, 2.24) is 5.32 Å². The van der Waals surface area contributed by atoms with Gasteiger partial charge >= 0.3 is 0 Å². The van der Waals surface area contributed by atoms with E-state index in [2.05, 4.69) is 5.32 Å². The maximum absolute atomic E-state index is 12.3. The highest BCUT2D eigenvalue weighted by Crippen LogP contribution is 2.25. The number of rotatable bonds is 6. The highest BCUT2D eigenvalue weighted by atomic mass is 16.5. The van der Waals surface area contributed by atoms with E-state index in [1.807, 2.05) is 13.8 Å². The van der Waals surface area contributed by atoms with E-state index in [1.54, 1.807) is 18.2 Å². The maximum Gasteiger partial charge on any atom is 0.257 e. The van der Waals surface area contributed by atoms with Gasteiger partial charge in [0.05, 0.1) is 7.11 Å². The number of benzene rings is 1. The molecule has 19 heavy (non-hydrogen) atoms. The average Bonchev–Trinajstić information content (AvgIpc) is 2.38. The molecule has 0 fully saturated rings. The Morgan fingerprint density at radius 1 is 1.53 bits per heavy atom. The third-order valence-electron chi connectivity index (χ3n) is 3.36. The highest BCUT2D eigenvalue weighted by Gasteiger charge is 2.26. The van der Waals surface area contributed by atoms with Crippen molar-refractivity contribution < 1.29 is 14.6 Å². The largest absolute Gasteiger partial charge is 0.496 e. The summed E-state index contributed by atoms with van der Waals surface area (Å²) in [4.78, 5) is 12.3. The van der Waals surface area contributed by atoms with Crippen LogP contribution in [-0.4, -0.2) is 30.3 Å². The van der Waals surface area contributed by atoms with E-state index in [1.165, 1.54) is 7.11 Å². The predicted molar refractivity (Wildman–Crippen MR) is 75.3 cm³/mol. The van der Waals surface area contributed by atoms with Gasteiger partial charge in [0, 0.05) is 17.8 Å². The number of aliphatic hydroxyl groups is 1. The zero-order valence-corrected chi connectivity index (χ0v) is 11.7. The standard InChI is InChI=1S/C14H22N2O3/c1-4-14(2,8-9-17)16-13(18)12-10(15)6-5-7-11(12)19-3/h5-7,17H,4,8-9,15H2,1-3H3,(H,16,18). The number of ether oxygens (including phenoxy) is 1. The van der Waals surface area contributed by atoms with Crippen LogP contribution in [0, 0.1) is 0 Å². The van der Waals surface area contributed by atoms with Crippen LogP contribution in [0.3, 0.4) is 0 Å². The Balaban J connectivity index is 3.01. The Bertz CT molecular complexity index is 448. The molecule has 4 N–H and O–H groups in total. The van der Waals surface area contributed by atoms with Crippen molar-refractivity contribution in [3.8, 4) is 5.75 Å². The monoisotopic (exact) mass is 266 g/mol. The van der Waals surface area contributed by atoms with Crippen LogP contribution >= 0.6 is 0 Å². The molecule has 1 rings (SSSR count). The molecule has 0 bridgehead atoms. The minimum absolute atomic E-state index is 0.0199. The summed E-state index contributed by atoms with van der Waals surface area (Å²) < 4.78 is 5.17. The molecule has 106 valence electrons. The van der Waals surface area contributed by atoms with E-state index in [0.29, 0.717) is 29.8 Å². The van der Waals surface area contributed by atoms with E-state index >= 15 is 0 Å². The predicted octanol–water partition coefficient (Wildman–Crippen LogP) is 1.56. The third kappa shape index (κ3) is 3.61. The lowest BCUT2D eigenvalue weighted by atomic mass is 9.94. The quantitative estimate of drug-likeness (QED) is 0.682. The number of nitrogens with two attached hydrogens (primary N) is 1. The van der Waals surface area contributed by atoms with E-state index < -0.39 is 5.54 Å². The molecular formula is C14H22N2O3. The van der Waals surface area contributed by atoms with Gasteiger partial charge in [-0.3, -0.25) is 4.79 Å². The minimum Gasteiger partial charge on any atom is -0.496 e. The number of carbonyl (C=O) groups is 1. The van der Waals surface area contributed by atoms with Crippen LogP contribution in [0.2, 0.25) is 0 Å². The van der Waals surface area contributed by atoms with E-state index in [0.717, 1.165) is 0 Å². The molecule has 0 saturated heterocycles. The van der Waals surface area contributed by atoms with Crippen LogP contribution in [0.1, 0.15) is 37.0 Å². The van der Waals surface area contributed by atoms with Crippen molar-refractivity contribution >= 4 is 11.6 Å². The number of nitrogen functional groups attached to an aromatic ring is 1. The van der Waals surface area contributed by atoms with Crippen molar-refractivity contribution in [2.75, 3.05) is 19.5 Å². The molecule has 0 aliphatic rings. The average molecular weight is 266 g/mol. The molecule has 0 aromatic heterocycles. The van der Waals surface area contributed by atoms with Crippen molar-refractivity contribution in [3.05, 3.63) is 23.8 Å². The molecule has 0 saturated carbocycles. The van der Waals surface area contributed by atoms with Crippen LogP contribution in [0.15, 0.2) is 18.2 Å². The maximum atomic E-state index is 12.3. The Morgan fingerprint density at radius 3 is 2.74 bits per heavy atom. The molecule has 0 aliphatic carbocycles. The smallest absolute Gasteiger partial charge is 0.257 e. The molecule has 0 spiro atoms. The fourth-order valence-corrected chi connectivity index (χ4v) is 1.87. The van der Waals surface area contributed by atoms with E-state index in [4.69, 9.17) is 15.6 Å². The van der Waals surface area contributed by atoms with Gasteiger partial charge in [0.25, 0.3) is 5.91 Å². The number of hydrogen-bond acceptors (Lipinski definition) is 4. The van der Waals surface area contributed by atoms with E-state index in [9.17, 15) is 4.79 Å². The molecule has 1 unspecified atom stereocenters. The summed E-state index contributed by atoms with van der Waals surface area (Å²) in [6.45, 7) is 3.88. The highest BCUT2D eigenvalue weighted by molar-refractivity contribution is 6.02. The molecule has 0 heterocycles. The lowest BCUT2D eigenvalue weighted by Gasteiger charge is -2.29. The fourth-order valence-electron chi connectivity index (χ4n) is 1.87. The number of carbonyl (C=O) groups excluding carboxylic acids is 1. The lowest BCUT2D eigenvalue weighted by molar-refractivity contribution is 0.0884. The summed E-state index contributed by atoms with van der Waals surface area (Å²) in [5.41, 5.74) is 6.09. The van der Waals surface area contributed by atoms with Crippen LogP contribution in [0.4, 0.5) is 5.69 Å². The van der Waals surface area contributed by atoms with Crippen LogP contribution in [0.5, 0.6) is 5.75 Å². The summed E-state index contributed by atoms with van der Waals surface area (Å²) >= 11 is 0. The molecule has 1 aromatic carbocycles. The van der Waals surface area contributed by atoms with Gasteiger partial charge < -0.3 is 20.9 Å². The summed E-state index contributed by atoms with van der Waals surface area (Å²) in [6.07, 6.45) is 1.21. The Labute approximate surface area is 113 Å². The number of nitrogens with one attached hydrogen (secondary N) is 1. The molecule has 1 aromatic rings. The topological polar surface area (TPSA) is 84.6 Å². The molecule has 5 nitrogen and oxygen atoms in total. The van der Waals surface area contributed by atoms with Gasteiger partial charge in [0.1, 0.15) is 11.3 Å². The van der Waals surface area contributed by atoms with Gasteiger partial charge in [-0.25, -0.2) is 0 Å². The summed E-state index contributed by atoms with van der Waals surface area (Å²) in [5.74, 6) is 0.160. The van der Waals surface area contributed by atoms with Gasteiger partial charge in [0.15, 0.2) is 0 Å². The normalized spacial score (nSPS) is 13.7. The first-order chi connectivity index (χ1) is 8.97. The molecular weight excluding hydrogens is 244 g/mol. The van der Waals surface area contributed by atoms with E-state index in [-0.39, 0.29) is 12.5 Å². The van der Waals surface area contributed by atoms with Gasteiger partial charge in [0.2, 0.25) is 0 Å². The van der Waals surface area contributed by atoms with Gasteiger partial charge in [-0.05, 0) is 31.9 Å². The fraction of sp³-hybridized carbons (Fsp3) is 0.500. The van der Waals surface area contributed by atoms with Gasteiger partial charge in [-0.1, -0.05) is 13.0 Å². The first-order valence-corrected chi connectivity index (χ1v) is 6.33. The zero-order valence-electron chi connectivity index (χ0n) is 11.7. The van der Waals surface area contributed by atoms with Crippen molar-refractivity contribution in [2.45, 2.75) is 32.2 Å². The Hall–Kier alpha value is -1.75. The number of methoxy groups -OCH3 is 1. The minimum atomic E-state index is -0.459. The number of hydrogen-bond donors (Lipinski definition) is 3. The first kappa shape index (κ1) is 15.3. The van der Waals surface area contributed by atoms with Gasteiger partial charge in [-0.15, -0.1) is 0 Å². The summed E-state index contributed by atoms with van der Waals surface area (Å²) in [6, 6.07) is 5.09. The zero-order chi connectivity index (χ0) is 14.5. The van der Waals surface area contributed by atoms with Crippen molar-refractivity contribution in [1.29, 1.82) is 0 Å². The Morgan fingerprint density at radius 2 is 2.21 bits per heavy atom. The molecule has 0 radical (unpaired) electrons. The summed E-state index contributed by atoms with van der Waals surface area (Å²) in [5, 5.41) is 12.0. The molecule has 1 atom stereocenters. The van der Waals surface area contributed by atoms with Crippen molar-refractivity contribution in [2.24, 2.45) is 0 Å². The van der Waals surface area contributed by atoms with Crippen LogP contribution < -0.4 is 15.8 Å². The number of amides is 1. The van der Waals surface area contributed by atoms with Crippen molar-refractivity contribution in [3.63, 3.8) is 0 Å². The number of anilines is 1. The Kier molecular flexibility index (Phi) is 5.18. The van der Waals surface area contributed by atoms with Crippen LogP contribution in [0.25, 0.3) is 0 Å². The van der Waals surface area contributed by atoms with Gasteiger partial charge in [-0.2, -0.15) is 0 Å². The second-order valence-electron chi connectivity index (χ2n) is 4.77. The second kappa shape index (κ2) is 6.43. The number of aliphatic hydroxyl groups excluding tert-OH is 1. The molecule has 0 aliphatic heterocycles. The van der Waals surface area contributed by atoms with Crippen LogP contribution in [-0.2, 0) is 0 Å². The second-order valence-corrected chi connectivity index (χ2v) is 4.77. The lowest BCUT2D eigenvalue weighted by Crippen LogP contribution is -2.46. The third-order valence-corrected chi connectivity index (χ3v) is 3.36. The SMILES string of the molecule is CCC(C)(CCO)NC(=O)c1c(N)cccc1OC. The molecule has 5 heteroatoms. The summed E-state index contributed by atoms with van der Waals surface area (Å²) in [7, 11) is 1.50.